The first-order chi connectivity index (χ1) is 13.3. The standard InChI is InChI=1S/C22H24N2O3S/c1-4-17-7-9-18(10-8-17)12-23-20-13-28(26,27)14-21(20)24(22(23)25)19-11-15(2)5-6-16(19)3/h4-11,20-21H,1,12-14H2,2-3H3/t20-,21+/m0/s1. The van der Waals surface area contributed by atoms with Gasteiger partial charge in [0.2, 0.25) is 0 Å². The molecule has 2 aliphatic heterocycles. The van der Waals surface area contributed by atoms with Crippen molar-refractivity contribution >= 4 is 27.6 Å². The number of sulfone groups is 1. The van der Waals surface area contributed by atoms with Crippen molar-refractivity contribution < 1.29 is 13.2 Å². The van der Waals surface area contributed by atoms with Crippen LogP contribution in [0.1, 0.15) is 22.3 Å². The van der Waals surface area contributed by atoms with E-state index in [0.717, 1.165) is 27.9 Å². The number of anilines is 1. The van der Waals surface area contributed by atoms with Crippen molar-refractivity contribution in [2.75, 3.05) is 16.4 Å². The van der Waals surface area contributed by atoms with Crippen LogP contribution < -0.4 is 4.90 Å². The molecule has 0 aliphatic carbocycles. The van der Waals surface area contributed by atoms with Gasteiger partial charge in [0.1, 0.15) is 0 Å². The fourth-order valence-corrected chi connectivity index (χ4v) is 6.13. The van der Waals surface area contributed by atoms with E-state index in [2.05, 4.69) is 6.58 Å². The summed E-state index contributed by atoms with van der Waals surface area (Å²) in [7, 11) is -3.18. The Balaban J connectivity index is 1.72. The predicted octanol–water partition coefficient (Wildman–Crippen LogP) is 3.55. The summed E-state index contributed by atoms with van der Waals surface area (Å²) in [4.78, 5) is 16.8. The van der Waals surface area contributed by atoms with Crippen molar-refractivity contribution in [2.45, 2.75) is 32.5 Å². The molecule has 2 aliphatic rings. The second-order valence-electron chi connectivity index (χ2n) is 7.73. The van der Waals surface area contributed by atoms with E-state index in [1.165, 1.54) is 0 Å². The van der Waals surface area contributed by atoms with E-state index < -0.39 is 9.84 Å². The summed E-state index contributed by atoms with van der Waals surface area (Å²) in [6, 6.07) is 13.0. The van der Waals surface area contributed by atoms with Gasteiger partial charge in [-0.15, -0.1) is 0 Å². The molecule has 146 valence electrons. The molecule has 0 unspecified atom stereocenters. The van der Waals surface area contributed by atoms with E-state index >= 15 is 0 Å². The highest BCUT2D eigenvalue weighted by Gasteiger charge is 2.54. The van der Waals surface area contributed by atoms with Crippen LogP contribution in [-0.4, -0.2) is 42.9 Å². The second-order valence-corrected chi connectivity index (χ2v) is 9.88. The van der Waals surface area contributed by atoms with Gasteiger partial charge < -0.3 is 4.90 Å². The van der Waals surface area contributed by atoms with Crippen LogP contribution in [0.2, 0.25) is 0 Å². The summed E-state index contributed by atoms with van der Waals surface area (Å²) in [6.45, 7) is 8.09. The molecule has 2 amide bonds. The molecule has 2 aromatic rings. The lowest BCUT2D eigenvalue weighted by Gasteiger charge is -2.24. The molecule has 2 heterocycles. The normalized spacial score (nSPS) is 23.1. The molecule has 2 atom stereocenters. The lowest BCUT2D eigenvalue weighted by atomic mass is 10.1. The van der Waals surface area contributed by atoms with E-state index in [-0.39, 0.29) is 29.6 Å². The maximum atomic E-state index is 13.4. The Bertz CT molecular complexity index is 1040. The number of carbonyl (C=O) groups is 1. The lowest BCUT2D eigenvalue weighted by Crippen LogP contribution is -2.38. The van der Waals surface area contributed by atoms with Gasteiger partial charge in [0.25, 0.3) is 0 Å². The van der Waals surface area contributed by atoms with Crippen LogP contribution >= 0.6 is 0 Å². The van der Waals surface area contributed by atoms with Gasteiger partial charge in [0, 0.05) is 12.2 Å². The van der Waals surface area contributed by atoms with E-state index in [1.54, 1.807) is 15.9 Å². The summed E-state index contributed by atoms with van der Waals surface area (Å²) in [5.74, 6) is 0.0399. The third-order valence-corrected chi connectivity index (χ3v) is 7.37. The zero-order valence-electron chi connectivity index (χ0n) is 16.1. The molecule has 2 aromatic carbocycles. The van der Waals surface area contributed by atoms with Crippen LogP contribution in [-0.2, 0) is 16.4 Å². The molecule has 0 N–H and O–H groups in total. The molecule has 4 rings (SSSR count). The maximum absolute atomic E-state index is 13.4. The quantitative estimate of drug-likeness (QED) is 0.743. The van der Waals surface area contributed by atoms with Gasteiger partial charge in [-0.05, 0) is 42.2 Å². The molecule has 28 heavy (non-hydrogen) atoms. The summed E-state index contributed by atoms with van der Waals surface area (Å²) in [6.07, 6.45) is 1.77. The highest BCUT2D eigenvalue weighted by molar-refractivity contribution is 7.91. The first-order valence-corrected chi connectivity index (χ1v) is 11.2. The number of benzene rings is 2. The Morgan fingerprint density at radius 3 is 2.43 bits per heavy atom. The minimum atomic E-state index is -3.18. The maximum Gasteiger partial charge on any atom is 0.325 e. The van der Waals surface area contributed by atoms with Crippen LogP contribution in [0, 0.1) is 13.8 Å². The molecular weight excluding hydrogens is 372 g/mol. The molecule has 6 heteroatoms. The summed E-state index contributed by atoms with van der Waals surface area (Å²) < 4.78 is 24.8. The van der Waals surface area contributed by atoms with E-state index in [9.17, 15) is 13.2 Å². The minimum absolute atomic E-state index is 0.0166. The van der Waals surface area contributed by atoms with Crippen molar-refractivity contribution in [1.29, 1.82) is 0 Å². The van der Waals surface area contributed by atoms with Gasteiger partial charge in [-0.2, -0.15) is 0 Å². The average Bonchev–Trinajstić information content (AvgIpc) is 3.09. The Morgan fingerprint density at radius 1 is 1.07 bits per heavy atom. The Kier molecular flexibility index (Phi) is 4.54. The Labute approximate surface area is 166 Å². The topological polar surface area (TPSA) is 57.7 Å². The molecule has 2 fully saturated rings. The molecule has 0 saturated carbocycles. The molecule has 2 saturated heterocycles. The van der Waals surface area contributed by atoms with Crippen molar-refractivity contribution in [3.63, 3.8) is 0 Å². The van der Waals surface area contributed by atoms with Gasteiger partial charge in [-0.3, -0.25) is 4.90 Å². The Morgan fingerprint density at radius 2 is 1.75 bits per heavy atom. The third-order valence-electron chi connectivity index (χ3n) is 5.67. The van der Waals surface area contributed by atoms with Gasteiger partial charge in [0.15, 0.2) is 9.84 Å². The molecular formula is C22H24N2O3S. The number of aryl methyl sites for hydroxylation is 2. The van der Waals surface area contributed by atoms with E-state index in [4.69, 9.17) is 0 Å². The molecule has 5 nitrogen and oxygen atoms in total. The van der Waals surface area contributed by atoms with E-state index in [1.807, 2.05) is 56.3 Å². The van der Waals surface area contributed by atoms with Crippen LogP contribution in [0.15, 0.2) is 49.0 Å². The first kappa shape index (κ1) is 18.7. The smallest absolute Gasteiger partial charge is 0.314 e. The summed E-state index contributed by atoms with van der Waals surface area (Å²) in [5.41, 5.74) is 4.81. The molecule has 0 bridgehead atoms. The number of fused-ring (bicyclic) bond motifs is 1. The highest BCUT2D eigenvalue weighted by Crippen LogP contribution is 2.37. The van der Waals surface area contributed by atoms with Crippen molar-refractivity contribution in [1.82, 2.24) is 4.90 Å². The largest absolute Gasteiger partial charge is 0.325 e. The number of carbonyl (C=O) groups excluding carboxylic acids is 1. The number of hydrogen-bond acceptors (Lipinski definition) is 3. The molecule has 0 aromatic heterocycles. The zero-order chi connectivity index (χ0) is 20.1. The lowest BCUT2D eigenvalue weighted by molar-refractivity contribution is 0.206. The van der Waals surface area contributed by atoms with Crippen LogP contribution in [0.25, 0.3) is 6.08 Å². The zero-order valence-corrected chi connectivity index (χ0v) is 16.9. The van der Waals surface area contributed by atoms with Gasteiger partial charge >= 0.3 is 6.03 Å². The van der Waals surface area contributed by atoms with Crippen molar-refractivity contribution in [3.8, 4) is 0 Å². The van der Waals surface area contributed by atoms with Gasteiger partial charge in [-0.25, -0.2) is 13.2 Å². The van der Waals surface area contributed by atoms with Gasteiger partial charge in [0.05, 0.1) is 23.6 Å². The number of rotatable bonds is 4. The second kappa shape index (κ2) is 6.78. The average molecular weight is 397 g/mol. The SMILES string of the molecule is C=Cc1ccc(CN2C(=O)N(c3cc(C)ccc3C)[C@@H]3CS(=O)(=O)C[C@@H]32)cc1. The van der Waals surface area contributed by atoms with Crippen molar-refractivity contribution in [3.05, 3.63) is 71.3 Å². The number of amides is 2. The summed E-state index contributed by atoms with van der Waals surface area (Å²) in [5, 5.41) is 0. The molecule has 0 radical (unpaired) electrons. The van der Waals surface area contributed by atoms with Crippen LogP contribution in [0.3, 0.4) is 0 Å². The van der Waals surface area contributed by atoms with Crippen molar-refractivity contribution in [2.24, 2.45) is 0 Å². The number of hydrogen-bond donors (Lipinski definition) is 0. The third kappa shape index (κ3) is 3.22. The fourth-order valence-electron chi connectivity index (χ4n) is 4.18. The number of urea groups is 1. The monoisotopic (exact) mass is 396 g/mol. The Hall–Kier alpha value is -2.60. The number of nitrogens with zero attached hydrogens (tertiary/aromatic N) is 2. The summed E-state index contributed by atoms with van der Waals surface area (Å²) >= 11 is 0. The van der Waals surface area contributed by atoms with E-state index in [0.29, 0.717) is 6.54 Å². The fraction of sp³-hybridized carbons (Fsp3) is 0.318. The molecule has 0 spiro atoms. The van der Waals surface area contributed by atoms with Gasteiger partial charge in [-0.1, -0.05) is 49.1 Å². The first-order valence-electron chi connectivity index (χ1n) is 9.38. The predicted molar refractivity (Wildman–Crippen MR) is 112 cm³/mol. The van der Waals surface area contributed by atoms with Crippen LogP contribution in [0.4, 0.5) is 10.5 Å². The minimum Gasteiger partial charge on any atom is -0.314 e. The van der Waals surface area contributed by atoms with Crippen LogP contribution in [0.5, 0.6) is 0 Å². The highest BCUT2D eigenvalue weighted by atomic mass is 32.2.